The van der Waals surface area contributed by atoms with Gasteiger partial charge in [-0.15, -0.1) is 12.1 Å². The first kappa shape index (κ1) is 12.9. The maximum Gasteiger partial charge on any atom is 0.0408 e. The third kappa shape index (κ3) is 2.71. The first-order valence-corrected chi connectivity index (χ1v) is 4.47. The molecule has 0 unspecified atom stereocenters. The summed E-state index contributed by atoms with van der Waals surface area (Å²) < 4.78 is 26.0. The van der Waals surface area contributed by atoms with Gasteiger partial charge in [-0.05, 0) is 18.7 Å². The van der Waals surface area contributed by atoms with Gasteiger partial charge in [-0.1, -0.05) is 23.8 Å². The van der Waals surface area contributed by atoms with E-state index in [9.17, 15) is 8.78 Å². The Balaban J connectivity index is 0.00000128. The topological polar surface area (TPSA) is 12.9 Å². The van der Waals surface area contributed by atoms with E-state index in [1.165, 1.54) is 0 Å². The maximum atomic E-state index is 13.4. The van der Waals surface area contributed by atoms with Crippen LogP contribution in [0.25, 0.3) is 11.3 Å². The fourth-order valence-electron chi connectivity index (χ4n) is 1.32. The maximum absolute atomic E-state index is 13.4. The average Bonchev–Trinajstić information content (AvgIpc) is 2.17. The van der Waals surface area contributed by atoms with Crippen molar-refractivity contribution >= 4 is 0 Å². The fraction of sp³-hybridized carbons (Fsp3) is 0.0833. The van der Waals surface area contributed by atoms with Crippen LogP contribution in [0, 0.1) is 24.6 Å². The van der Waals surface area contributed by atoms with E-state index < -0.39 is 11.6 Å². The number of rotatable bonds is 1. The summed E-state index contributed by atoms with van der Waals surface area (Å²) in [6, 6.07) is 9.71. The molecule has 0 aliphatic rings. The zero-order valence-corrected chi connectivity index (χ0v) is 10.8. The van der Waals surface area contributed by atoms with Crippen molar-refractivity contribution in [1.82, 2.24) is 4.98 Å². The smallest absolute Gasteiger partial charge is 0.0408 e. The SMILES string of the molecule is Cc1cccc(-c2[c-]cc(F)cc2F)n1.[Ir]. The normalized spacial score (nSPS) is 9.69. The Hall–Kier alpha value is -1.12. The molecule has 0 aliphatic carbocycles. The molecule has 0 saturated heterocycles. The fourth-order valence-corrected chi connectivity index (χ4v) is 1.32. The summed E-state index contributed by atoms with van der Waals surface area (Å²) in [6.45, 7) is 1.81. The van der Waals surface area contributed by atoms with Gasteiger partial charge in [0, 0.05) is 37.4 Å². The van der Waals surface area contributed by atoms with Crippen molar-refractivity contribution in [1.29, 1.82) is 0 Å². The van der Waals surface area contributed by atoms with Crippen molar-refractivity contribution < 1.29 is 28.9 Å². The van der Waals surface area contributed by atoms with Gasteiger partial charge in [0.1, 0.15) is 0 Å². The Morgan fingerprint density at radius 1 is 1.25 bits per heavy atom. The van der Waals surface area contributed by atoms with Crippen LogP contribution in [0.1, 0.15) is 5.69 Å². The summed E-state index contributed by atoms with van der Waals surface area (Å²) in [5, 5.41) is 0. The molecule has 0 aliphatic heterocycles. The Labute approximate surface area is 106 Å². The predicted octanol–water partition coefficient (Wildman–Crippen LogP) is 3.13. The molecule has 0 atom stereocenters. The number of aryl methyl sites for hydroxylation is 1. The molecule has 2 aromatic rings. The number of pyridine rings is 1. The molecule has 1 aromatic carbocycles. The van der Waals surface area contributed by atoms with Crippen LogP contribution in [0.5, 0.6) is 0 Å². The molecule has 1 radical (unpaired) electrons. The van der Waals surface area contributed by atoms with Crippen LogP contribution in [-0.4, -0.2) is 4.98 Å². The summed E-state index contributed by atoms with van der Waals surface area (Å²) in [5.74, 6) is -1.28. The standard InChI is InChI=1S/C12H8F2N.Ir/c1-8-3-2-4-12(15-8)10-6-5-9(13)7-11(10)14;/h2-5,7H,1H3;/q-1;. The van der Waals surface area contributed by atoms with Gasteiger partial charge in [0.05, 0.1) is 0 Å². The number of benzene rings is 1. The molecule has 0 spiro atoms. The van der Waals surface area contributed by atoms with E-state index in [0.29, 0.717) is 5.69 Å². The van der Waals surface area contributed by atoms with Crippen molar-refractivity contribution in [2.45, 2.75) is 6.92 Å². The minimum absolute atomic E-state index is 0. The van der Waals surface area contributed by atoms with E-state index in [1.807, 2.05) is 13.0 Å². The van der Waals surface area contributed by atoms with Gasteiger partial charge in [-0.3, -0.25) is 8.78 Å². The van der Waals surface area contributed by atoms with Crippen LogP contribution in [0.15, 0.2) is 30.3 Å². The van der Waals surface area contributed by atoms with E-state index in [-0.39, 0.29) is 25.7 Å². The molecule has 1 aromatic heterocycles. The molecular weight excluding hydrogens is 388 g/mol. The molecular formula is C12H8F2IrN-. The van der Waals surface area contributed by atoms with Crippen molar-refractivity contribution in [2.75, 3.05) is 0 Å². The molecule has 1 nitrogen and oxygen atoms in total. The van der Waals surface area contributed by atoms with Gasteiger partial charge in [-0.2, -0.15) is 0 Å². The van der Waals surface area contributed by atoms with Crippen LogP contribution in [-0.2, 0) is 20.1 Å². The van der Waals surface area contributed by atoms with Crippen LogP contribution < -0.4 is 0 Å². The summed E-state index contributed by atoms with van der Waals surface area (Å²) in [6.07, 6.45) is 0. The van der Waals surface area contributed by atoms with Crippen molar-refractivity contribution in [3.8, 4) is 11.3 Å². The van der Waals surface area contributed by atoms with Crippen molar-refractivity contribution in [3.63, 3.8) is 0 Å². The monoisotopic (exact) mass is 397 g/mol. The molecule has 0 N–H and O–H groups in total. The number of aromatic nitrogens is 1. The number of hydrogen-bond donors (Lipinski definition) is 0. The molecule has 16 heavy (non-hydrogen) atoms. The Kier molecular flexibility index (Phi) is 4.27. The second-order valence-electron chi connectivity index (χ2n) is 3.21. The van der Waals surface area contributed by atoms with E-state index in [2.05, 4.69) is 11.1 Å². The average molecular weight is 396 g/mol. The largest absolute Gasteiger partial charge is 0.302 e. The van der Waals surface area contributed by atoms with Gasteiger partial charge >= 0.3 is 0 Å². The predicted molar refractivity (Wildman–Crippen MR) is 53.2 cm³/mol. The van der Waals surface area contributed by atoms with Gasteiger partial charge in [-0.25, -0.2) is 0 Å². The molecule has 0 bridgehead atoms. The molecule has 0 amide bonds. The quantitative estimate of drug-likeness (QED) is 0.675. The number of hydrogen-bond acceptors (Lipinski definition) is 1. The minimum atomic E-state index is -0.645. The van der Waals surface area contributed by atoms with Crippen molar-refractivity contribution in [2.24, 2.45) is 0 Å². The van der Waals surface area contributed by atoms with Crippen LogP contribution in [0.2, 0.25) is 0 Å². The van der Waals surface area contributed by atoms with Crippen molar-refractivity contribution in [3.05, 3.63) is 53.7 Å². The molecule has 4 heteroatoms. The first-order chi connectivity index (χ1) is 7.16. The molecule has 0 saturated carbocycles. The van der Waals surface area contributed by atoms with E-state index in [1.54, 1.807) is 12.1 Å². The Morgan fingerprint density at radius 3 is 2.62 bits per heavy atom. The third-order valence-electron chi connectivity index (χ3n) is 2.00. The van der Waals surface area contributed by atoms with E-state index in [0.717, 1.165) is 17.8 Å². The summed E-state index contributed by atoms with van der Waals surface area (Å²) in [4.78, 5) is 4.14. The van der Waals surface area contributed by atoms with E-state index >= 15 is 0 Å². The van der Waals surface area contributed by atoms with Gasteiger partial charge in [0.2, 0.25) is 0 Å². The van der Waals surface area contributed by atoms with E-state index in [4.69, 9.17) is 0 Å². The summed E-state index contributed by atoms with van der Waals surface area (Å²) >= 11 is 0. The van der Waals surface area contributed by atoms with Crippen LogP contribution in [0.4, 0.5) is 8.78 Å². The minimum Gasteiger partial charge on any atom is -0.302 e. The van der Waals surface area contributed by atoms with Gasteiger partial charge in [0.25, 0.3) is 0 Å². The van der Waals surface area contributed by atoms with Crippen LogP contribution in [0.3, 0.4) is 0 Å². The molecule has 85 valence electrons. The first-order valence-electron chi connectivity index (χ1n) is 4.47. The molecule has 0 fully saturated rings. The second-order valence-corrected chi connectivity index (χ2v) is 3.21. The zero-order chi connectivity index (χ0) is 10.8. The molecule has 1 heterocycles. The Morgan fingerprint density at radius 2 is 2.00 bits per heavy atom. The number of halogens is 2. The Bertz CT molecular complexity index is 500. The third-order valence-corrected chi connectivity index (χ3v) is 2.00. The zero-order valence-electron chi connectivity index (χ0n) is 8.42. The summed E-state index contributed by atoms with van der Waals surface area (Å²) in [7, 11) is 0. The molecule has 2 rings (SSSR count). The second kappa shape index (κ2) is 5.28. The number of nitrogens with zero attached hydrogens (tertiary/aromatic N) is 1. The summed E-state index contributed by atoms with van der Waals surface area (Å²) in [5.41, 5.74) is 1.44. The van der Waals surface area contributed by atoms with Crippen LogP contribution >= 0.6 is 0 Å². The van der Waals surface area contributed by atoms with Gasteiger partial charge in [0.15, 0.2) is 0 Å². The van der Waals surface area contributed by atoms with Gasteiger partial charge < -0.3 is 4.98 Å².